The molecular weight excluding hydrogens is 428 g/mol. The van der Waals surface area contributed by atoms with Crippen LogP contribution in [-0.2, 0) is 4.79 Å². The molecule has 30 heavy (non-hydrogen) atoms. The van der Waals surface area contributed by atoms with Gasteiger partial charge in [0.2, 0.25) is 0 Å². The summed E-state index contributed by atoms with van der Waals surface area (Å²) in [4.78, 5) is 18.7. The Morgan fingerprint density at radius 1 is 0.800 bits per heavy atom. The molecule has 4 rings (SSSR count). The molecule has 0 saturated carbocycles. The van der Waals surface area contributed by atoms with Gasteiger partial charge in [-0.05, 0) is 11.1 Å². The summed E-state index contributed by atoms with van der Waals surface area (Å²) in [5.41, 5.74) is 3.30. The van der Waals surface area contributed by atoms with Gasteiger partial charge in [0.15, 0.2) is 0 Å². The number of carbonyl (C=O) groups excluding carboxylic acids is 1. The molecule has 0 spiro atoms. The van der Waals surface area contributed by atoms with Crippen LogP contribution in [-0.4, -0.2) is 33.1 Å². The van der Waals surface area contributed by atoms with Gasteiger partial charge in [0.1, 0.15) is 14.3 Å². The molecule has 2 heterocycles. The van der Waals surface area contributed by atoms with Crippen molar-refractivity contribution in [2.24, 2.45) is 0 Å². The molecule has 0 bridgehead atoms. The van der Waals surface area contributed by atoms with Gasteiger partial charge in [-0.25, -0.2) is 0 Å². The Hall–Kier alpha value is -2.54. The largest absolute Gasteiger partial charge is 0.330 e. The van der Waals surface area contributed by atoms with Crippen molar-refractivity contribution in [1.29, 1.82) is 0 Å². The van der Waals surface area contributed by atoms with Crippen LogP contribution in [0.3, 0.4) is 0 Å². The average Bonchev–Trinajstić information content (AvgIpc) is 3.28. The zero-order valence-corrected chi connectivity index (χ0v) is 18.7. The molecule has 150 valence electrons. The van der Waals surface area contributed by atoms with E-state index in [9.17, 15) is 4.79 Å². The van der Waals surface area contributed by atoms with Crippen LogP contribution in [0.15, 0.2) is 95.9 Å². The lowest BCUT2D eigenvalue weighted by Gasteiger charge is -2.23. The molecule has 2 aromatic carbocycles. The highest BCUT2D eigenvalue weighted by Gasteiger charge is 2.39. The van der Waals surface area contributed by atoms with E-state index in [1.807, 2.05) is 42.5 Å². The van der Waals surface area contributed by atoms with E-state index < -0.39 is 0 Å². The van der Waals surface area contributed by atoms with Gasteiger partial charge in [0.05, 0.1) is 5.70 Å². The quantitative estimate of drug-likeness (QED) is 0.308. The second-order valence-electron chi connectivity index (χ2n) is 6.62. The topological polar surface area (TPSA) is 23.6 Å². The second-order valence-corrected chi connectivity index (χ2v) is 9.26. The van der Waals surface area contributed by atoms with Gasteiger partial charge in [-0.1, -0.05) is 109 Å². The fourth-order valence-electron chi connectivity index (χ4n) is 3.38. The number of hydrogen-bond donors (Lipinski definition) is 0. The van der Waals surface area contributed by atoms with Crippen LogP contribution in [0.1, 0.15) is 11.1 Å². The minimum Gasteiger partial charge on any atom is -0.330 e. The molecule has 0 aliphatic carbocycles. The highest BCUT2D eigenvalue weighted by molar-refractivity contribution is 8.27. The second kappa shape index (κ2) is 9.08. The Labute approximate surface area is 190 Å². The van der Waals surface area contributed by atoms with E-state index in [-0.39, 0.29) is 5.91 Å². The van der Waals surface area contributed by atoms with Gasteiger partial charge in [-0.3, -0.25) is 9.69 Å². The first-order valence-corrected chi connectivity index (χ1v) is 11.5. The van der Waals surface area contributed by atoms with Crippen LogP contribution < -0.4 is 0 Å². The van der Waals surface area contributed by atoms with Crippen molar-refractivity contribution in [2.45, 2.75) is 0 Å². The molecule has 2 aromatic rings. The lowest BCUT2D eigenvalue weighted by atomic mass is 10.1. The van der Waals surface area contributed by atoms with Crippen molar-refractivity contribution in [2.75, 3.05) is 13.1 Å². The van der Waals surface area contributed by atoms with Crippen LogP contribution >= 0.6 is 35.7 Å². The number of nitrogens with zero attached hydrogens (tertiary/aromatic N) is 2. The maximum Gasteiger partial charge on any atom is 0.269 e. The molecule has 1 fully saturated rings. The fourth-order valence-corrected chi connectivity index (χ4v) is 6.10. The van der Waals surface area contributed by atoms with Gasteiger partial charge in [0, 0.05) is 18.0 Å². The van der Waals surface area contributed by atoms with Crippen molar-refractivity contribution in [3.8, 4) is 0 Å². The molecule has 0 N–H and O–H groups in total. The molecule has 0 aromatic heterocycles. The van der Waals surface area contributed by atoms with E-state index in [2.05, 4.69) is 42.3 Å². The molecule has 6 heteroatoms. The zero-order chi connectivity index (χ0) is 21.1. The van der Waals surface area contributed by atoms with Crippen LogP contribution in [0, 0.1) is 0 Å². The summed E-state index contributed by atoms with van der Waals surface area (Å²) in [5, 5.41) is 0.900. The first-order chi connectivity index (χ1) is 14.7. The van der Waals surface area contributed by atoms with Crippen molar-refractivity contribution >= 4 is 56.6 Å². The summed E-state index contributed by atoms with van der Waals surface area (Å²) in [6.45, 7) is 8.71. The van der Waals surface area contributed by atoms with Crippen LogP contribution in [0.5, 0.6) is 0 Å². The van der Waals surface area contributed by atoms with E-state index in [1.165, 1.54) is 11.8 Å². The number of thiocarbonyl (C=S) groups is 1. The first-order valence-electron chi connectivity index (χ1n) is 9.46. The Morgan fingerprint density at radius 2 is 1.37 bits per heavy atom. The Kier molecular flexibility index (Phi) is 6.27. The van der Waals surface area contributed by atoms with E-state index in [4.69, 9.17) is 12.2 Å². The maximum absolute atomic E-state index is 13.2. The third kappa shape index (κ3) is 3.78. The van der Waals surface area contributed by atoms with Crippen LogP contribution in [0.4, 0.5) is 0 Å². The Balaban J connectivity index is 1.89. The molecule has 0 unspecified atom stereocenters. The number of hydrogen-bond acceptors (Lipinski definition) is 5. The SMILES string of the molecule is C=CCN1C(=O)/C(=C2\SC(c3ccccc3)=C(c3ccccc3)N2CC=C)SC1=S. The molecule has 2 aliphatic heterocycles. The predicted octanol–water partition coefficient (Wildman–Crippen LogP) is 5.96. The van der Waals surface area contributed by atoms with Crippen molar-refractivity contribution in [3.63, 3.8) is 0 Å². The number of amides is 1. The van der Waals surface area contributed by atoms with E-state index in [0.29, 0.717) is 22.3 Å². The van der Waals surface area contributed by atoms with Gasteiger partial charge in [-0.15, -0.1) is 13.2 Å². The third-order valence-corrected chi connectivity index (χ3v) is 7.50. The monoisotopic (exact) mass is 448 g/mol. The summed E-state index contributed by atoms with van der Waals surface area (Å²) in [6, 6.07) is 20.5. The summed E-state index contributed by atoms with van der Waals surface area (Å²) in [6.07, 6.45) is 3.56. The Bertz CT molecular complexity index is 1070. The molecule has 1 saturated heterocycles. The molecule has 1 amide bonds. The summed E-state index contributed by atoms with van der Waals surface area (Å²) < 4.78 is 0.566. The normalized spacial score (nSPS) is 19.1. The van der Waals surface area contributed by atoms with E-state index in [1.54, 1.807) is 22.7 Å². The molecule has 2 aliphatic rings. The van der Waals surface area contributed by atoms with Gasteiger partial charge >= 0.3 is 0 Å². The van der Waals surface area contributed by atoms with Gasteiger partial charge in [-0.2, -0.15) is 0 Å². The maximum atomic E-state index is 13.2. The highest BCUT2D eigenvalue weighted by Crippen LogP contribution is 2.54. The van der Waals surface area contributed by atoms with E-state index in [0.717, 1.165) is 26.8 Å². The minimum absolute atomic E-state index is 0.0665. The minimum atomic E-state index is -0.0665. The standard InChI is InChI=1S/C24H20N2OS3/c1-3-15-25-19(17-11-7-5-8-12-17)20(18-13-9-6-10-14-18)29-23(25)21-22(27)26(16-4-2)24(28)30-21/h3-14H,1-2,15-16H2/b23-21+. The molecule has 0 atom stereocenters. The van der Waals surface area contributed by atoms with Gasteiger partial charge in [0.25, 0.3) is 5.91 Å². The third-order valence-electron chi connectivity index (χ3n) is 4.68. The highest BCUT2D eigenvalue weighted by atomic mass is 32.2. The smallest absolute Gasteiger partial charge is 0.269 e. The number of thioether (sulfide) groups is 2. The Morgan fingerprint density at radius 3 is 1.97 bits per heavy atom. The van der Waals surface area contributed by atoms with Crippen molar-refractivity contribution in [3.05, 3.63) is 107 Å². The lowest BCUT2D eigenvalue weighted by molar-refractivity contribution is -0.121. The summed E-state index contributed by atoms with van der Waals surface area (Å²) in [7, 11) is 0. The number of benzene rings is 2. The van der Waals surface area contributed by atoms with E-state index >= 15 is 0 Å². The average molecular weight is 449 g/mol. The fraction of sp³-hybridized carbons (Fsp3) is 0.0833. The van der Waals surface area contributed by atoms with Gasteiger partial charge < -0.3 is 4.90 Å². The summed E-state index contributed by atoms with van der Waals surface area (Å²) >= 11 is 8.45. The number of carbonyl (C=O) groups is 1. The molecule has 3 nitrogen and oxygen atoms in total. The van der Waals surface area contributed by atoms with Crippen LogP contribution in [0.2, 0.25) is 0 Å². The van der Waals surface area contributed by atoms with Crippen molar-refractivity contribution < 1.29 is 4.79 Å². The summed E-state index contributed by atoms with van der Waals surface area (Å²) in [5.74, 6) is -0.0665. The first kappa shape index (κ1) is 20.7. The zero-order valence-electron chi connectivity index (χ0n) is 16.3. The van der Waals surface area contributed by atoms with Crippen molar-refractivity contribution in [1.82, 2.24) is 9.80 Å². The molecular formula is C24H20N2OS3. The number of rotatable bonds is 6. The van der Waals surface area contributed by atoms with Crippen LogP contribution in [0.25, 0.3) is 10.6 Å². The molecule has 0 radical (unpaired) electrons. The lowest BCUT2D eigenvalue weighted by Crippen LogP contribution is -2.28. The predicted molar refractivity (Wildman–Crippen MR) is 133 cm³/mol.